The highest BCUT2D eigenvalue weighted by Crippen LogP contribution is 2.19. The van der Waals surface area contributed by atoms with Crippen molar-refractivity contribution in [1.82, 2.24) is 9.97 Å². The highest BCUT2D eigenvalue weighted by molar-refractivity contribution is 7.99. The molecule has 1 heterocycles. The molecule has 1 amide bonds. The summed E-state index contributed by atoms with van der Waals surface area (Å²) in [4.78, 5) is 31.6. The number of para-hydroxylation sites is 2. The van der Waals surface area contributed by atoms with Gasteiger partial charge in [0.1, 0.15) is 0 Å². The molecule has 0 fully saturated rings. The summed E-state index contributed by atoms with van der Waals surface area (Å²) in [5.74, 6) is -0.249. The number of esters is 1. The number of H-pyrrole nitrogens is 1. The van der Waals surface area contributed by atoms with Crippen LogP contribution in [0.2, 0.25) is 0 Å². The molecule has 0 spiro atoms. The van der Waals surface area contributed by atoms with Crippen molar-refractivity contribution in [3.8, 4) is 0 Å². The van der Waals surface area contributed by atoms with Crippen LogP contribution in [0.15, 0.2) is 53.7 Å². The lowest BCUT2D eigenvalue weighted by Gasteiger charge is -2.06. The Labute approximate surface area is 161 Å². The summed E-state index contributed by atoms with van der Waals surface area (Å²) in [6.45, 7) is 2.46. The minimum Gasteiger partial charge on any atom is -0.462 e. The predicted molar refractivity (Wildman–Crippen MR) is 107 cm³/mol. The first-order valence-electron chi connectivity index (χ1n) is 8.80. The average molecular weight is 383 g/mol. The number of unbranched alkanes of at least 4 members (excludes halogenated alkanes) is 1. The van der Waals surface area contributed by atoms with Gasteiger partial charge in [-0.3, -0.25) is 4.79 Å². The Morgan fingerprint density at radius 3 is 2.67 bits per heavy atom. The molecule has 0 radical (unpaired) electrons. The van der Waals surface area contributed by atoms with Crippen molar-refractivity contribution in [1.29, 1.82) is 0 Å². The molecule has 6 nitrogen and oxygen atoms in total. The van der Waals surface area contributed by atoms with Crippen molar-refractivity contribution >= 4 is 40.4 Å². The fourth-order valence-electron chi connectivity index (χ4n) is 2.41. The Morgan fingerprint density at radius 1 is 1.15 bits per heavy atom. The van der Waals surface area contributed by atoms with Crippen molar-refractivity contribution in [2.75, 3.05) is 17.7 Å². The molecule has 0 aliphatic heterocycles. The van der Waals surface area contributed by atoms with E-state index in [2.05, 4.69) is 15.3 Å². The molecule has 140 valence electrons. The van der Waals surface area contributed by atoms with Crippen LogP contribution in [0.25, 0.3) is 11.0 Å². The van der Waals surface area contributed by atoms with Crippen LogP contribution < -0.4 is 5.32 Å². The van der Waals surface area contributed by atoms with Gasteiger partial charge in [-0.05, 0) is 42.8 Å². The van der Waals surface area contributed by atoms with Crippen molar-refractivity contribution in [2.45, 2.75) is 24.9 Å². The Hall–Kier alpha value is -2.80. The summed E-state index contributed by atoms with van der Waals surface area (Å²) < 4.78 is 5.16. The van der Waals surface area contributed by atoms with E-state index < -0.39 is 0 Å². The number of fused-ring (bicyclic) bond motifs is 1. The Bertz CT molecular complexity index is 889. The highest BCUT2D eigenvalue weighted by atomic mass is 32.2. The zero-order valence-electron chi connectivity index (χ0n) is 15.0. The van der Waals surface area contributed by atoms with Crippen molar-refractivity contribution < 1.29 is 14.3 Å². The van der Waals surface area contributed by atoms with Crippen molar-refractivity contribution in [2.24, 2.45) is 0 Å². The van der Waals surface area contributed by atoms with Crippen molar-refractivity contribution in [3.05, 3.63) is 54.1 Å². The Balaban J connectivity index is 1.49. The summed E-state index contributed by atoms with van der Waals surface area (Å²) in [7, 11) is 0. The molecule has 0 aliphatic carbocycles. The van der Waals surface area contributed by atoms with Gasteiger partial charge in [-0.15, -0.1) is 0 Å². The lowest BCUT2D eigenvalue weighted by molar-refractivity contribution is -0.113. The largest absolute Gasteiger partial charge is 0.462 e. The second-order valence-corrected chi connectivity index (χ2v) is 6.93. The first kappa shape index (κ1) is 19.0. The maximum atomic E-state index is 12.1. The SMILES string of the molecule is CCCCOC(=O)c1ccc(NC(=O)CSc2nc3ccccc3[nH]2)cc1. The van der Waals surface area contributed by atoms with Gasteiger partial charge in [0.2, 0.25) is 5.91 Å². The van der Waals surface area contributed by atoms with Gasteiger partial charge in [0.15, 0.2) is 5.16 Å². The summed E-state index contributed by atoms with van der Waals surface area (Å²) in [5, 5.41) is 3.52. The quantitative estimate of drug-likeness (QED) is 0.345. The van der Waals surface area contributed by atoms with Crippen molar-refractivity contribution in [3.63, 3.8) is 0 Å². The molecule has 2 N–H and O–H groups in total. The van der Waals surface area contributed by atoms with Gasteiger partial charge in [-0.1, -0.05) is 37.2 Å². The zero-order chi connectivity index (χ0) is 19.1. The molecule has 3 aromatic rings. The Kier molecular flexibility index (Phi) is 6.49. The van der Waals surface area contributed by atoms with E-state index in [4.69, 9.17) is 4.74 Å². The number of imidazole rings is 1. The van der Waals surface area contributed by atoms with Crippen LogP contribution in [0.1, 0.15) is 30.1 Å². The molecular weight excluding hydrogens is 362 g/mol. The van der Waals surface area contributed by atoms with Gasteiger partial charge in [-0.2, -0.15) is 0 Å². The molecule has 2 aromatic carbocycles. The molecule has 0 aliphatic rings. The van der Waals surface area contributed by atoms with Crippen LogP contribution in [-0.2, 0) is 9.53 Å². The van der Waals surface area contributed by atoms with Crippen LogP contribution in [-0.4, -0.2) is 34.2 Å². The molecular formula is C20H21N3O3S. The van der Waals surface area contributed by atoms with E-state index in [-0.39, 0.29) is 17.6 Å². The van der Waals surface area contributed by atoms with Gasteiger partial charge in [0, 0.05) is 5.69 Å². The Morgan fingerprint density at radius 2 is 1.93 bits per heavy atom. The van der Waals surface area contributed by atoms with Crippen LogP contribution in [0.4, 0.5) is 5.69 Å². The molecule has 0 atom stereocenters. The maximum absolute atomic E-state index is 12.1. The number of hydrogen-bond donors (Lipinski definition) is 2. The van der Waals surface area contributed by atoms with Gasteiger partial charge in [0.05, 0.1) is 29.0 Å². The molecule has 3 rings (SSSR count). The number of nitrogens with one attached hydrogen (secondary N) is 2. The van der Waals surface area contributed by atoms with Gasteiger partial charge >= 0.3 is 5.97 Å². The number of anilines is 1. The third-order valence-electron chi connectivity index (χ3n) is 3.84. The first-order valence-corrected chi connectivity index (χ1v) is 9.79. The lowest BCUT2D eigenvalue weighted by atomic mass is 10.2. The number of rotatable bonds is 8. The number of thioether (sulfide) groups is 1. The zero-order valence-corrected chi connectivity index (χ0v) is 15.8. The van der Waals surface area contributed by atoms with Crippen LogP contribution in [0, 0.1) is 0 Å². The van der Waals surface area contributed by atoms with E-state index in [0.29, 0.717) is 23.0 Å². The van der Waals surface area contributed by atoms with Crippen LogP contribution in [0.5, 0.6) is 0 Å². The van der Waals surface area contributed by atoms with Gasteiger partial charge in [-0.25, -0.2) is 9.78 Å². The first-order chi connectivity index (χ1) is 13.2. The fraction of sp³-hybridized carbons (Fsp3) is 0.250. The third kappa shape index (κ3) is 5.34. The van der Waals surface area contributed by atoms with Gasteiger partial charge in [0.25, 0.3) is 0 Å². The predicted octanol–water partition coefficient (Wildman–Crippen LogP) is 4.25. The monoisotopic (exact) mass is 383 g/mol. The van der Waals surface area contributed by atoms with Crippen LogP contribution >= 0.6 is 11.8 Å². The second kappa shape index (κ2) is 9.23. The number of benzene rings is 2. The van der Waals surface area contributed by atoms with E-state index in [1.807, 2.05) is 31.2 Å². The molecule has 0 saturated heterocycles. The summed E-state index contributed by atoms with van der Waals surface area (Å²) in [6.07, 6.45) is 1.83. The number of amides is 1. The smallest absolute Gasteiger partial charge is 0.338 e. The molecule has 27 heavy (non-hydrogen) atoms. The fourth-order valence-corrected chi connectivity index (χ4v) is 3.10. The number of carbonyl (C=O) groups excluding carboxylic acids is 2. The molecule has 0 bridgehead atoms. The summed E-state index contributed by atoms with van der Waals surface area (Å²) in [6, 6.07) is 14.4. The number of aromatic amines is 1. The van der Waals surface area contributed by atoms with E-state index in [1.165, 1.54) is 11.8 Å². The molecule has 7 heteroatoms. The molecule has 0 unspecified atom stereocenters. The molecule has 1 aromatic heterocycles. The number of carbonyl (C=O) groups is 2. The minimum atomic E-state index is -0.346. The lowest BCUT2D eigenvalue weighted by Crippen LogP contribution is -2.14. The van der Waals surface area contributed by atoms with E-state index in [9.17, 15) is 9.59 Å². The number of hydrogen-bond acceptors (Lipinski definition) is 5. The van der Waals surface area contributed by atoms with E-state index in [1.54, 1.807) is 24.3 Å². The standard InChI is InChI=1S/C20H21N3O3S/c1-2-3-12-26-19(25)14-8-10-15(11-9-14)21-18(24)13-27-20-22-16-6-4-5-7-17(16)23-20/h4-11H,2-3,12-13H2,1H3,(H,21,24)(H,22,23). The summed E-state index contributed by atoms with van der Waals surface area (Å²) >= 11 is 1.34. The van der Waals surface area contributed by atoms with E-state index in [0.717, 1.165) is 23.9 Å². The van der Waals surface area contributed by atoms with Gasteiger partial charge < -0.3 is 15.0 Å². The number of ether oxygens (including phenoxy) is 1. The maximum Gasteiger partial charge on any atom is 0.338 e. The highest BCUT2D eigenvalue weighted by Gasteiger charge is 2.09. The topological polar surface area (TPSA) is 84.1 Å². The van der Waals surface area contributed by atoms with E-state index >= 15 is 0 Å². The number of nitrogens with zero attached hydrogens (tertiary/aromatic N) is 1. The summed E-state index contributed by atoms with van der Waals surface area (Å²) in [5.41, 5.74) is 2.93. The normalized spacial score (nSPS) is 10.7. The number of aromatic nitrogens is 2. The molecule has 0 saturated carbocycles. The minimum absolute atomic E-state index is 0.140. The third-order valence-corrected chi connectivity index (χ3v) is 4.72. The average Bonchev–Trinajstić information content (AvgIpc) is 3.10. The second-order valence-electron chi connectivity index (χ2n) is 5.96. The van der Waals surface area contributed by atoms with Crippen LogP contribution in [0.3, 0.4) is 0 Å².